The molecule has 2 N–H and O–H groups in total. The van der Waals surface area contributed by atoms with Crippen LogP contribution in [0.1, 0.15) is 239 Å². The van der Waals surface area contributed by atoms with Gasteiger partial charge < -0.3 is 24.2 Å². The normalized spacial score (nSPS) is 13.8. The maximum atomic E-state index is 12.8. The highest BCUT2D eigenvalue weighted by atomic mass is 31.2. The van der Waals surface area contributed by atoms with E-state index in [0.29, 0.717) is 19.3 Å². The van der Waals surface area contributed by atoms with Crippen LogP contribution in [0.25, 0.3) is 0 Å². The number of phosphoric ester groups is 1. The lowest BCUT2D eigenvalue weighted by atomic mass is 10.0. The third-order valence-corrected chi connectivity index (χ3v) is 12.2. The lowest BCUT2D eigenvalue weighted by molar-refractivity contribution is -0.161. The van der Waals surface area contributed by atoms with Gasteiger partial charge in [-0.05, 0) is 44.9 Å². The number of aliphatic hydroxyl groups excluding tert-OH is 1. The highest BCUT2D eigenvalue weighted by Gasteiger charge is 2.28. The van der Waals surface area contributed by atoms with E-state index in [-0.39, 0.29) is 25.9 Å². The minimum atomic E-state index is -4.75. The number of hydrogen-bond donors (Lipinski definition) is 2. The Kier molecular flexibility index (Phi) is 47.0. The van der Waals surface area contributed by atoms with Crippen molar-refractivity contribution in [2.75, 3.05) is 26.4 Å². The summed E-state index contributed by atoms with van der Waals surface area (Å²) in [6, 6.07) is 0. The van der Waals surface area contributed by atoms with Crippen LogP contribution in [0, 0.1) is 0 Å². The number of ether oxygens (including phenoxy) is 3. The van der Waals surface area contributed by atoms with E-state index in [2.05, 4.69) is 57.2 Å². The molecule has 0 bridgehead atoms. The number of carbonyl (C=O) groups is 3. The fraction of sp³-hybridized carbons (Fsp3) is 0.796. The first-order chi connectivity index (χ1) is 32.2. The lowest BCUT2D eigenvalue weighted by Gasteiger charge is -2.21. The fourth-order valence-electron chi connectivity index (χ4n) is 7.25. The van der Waals surface area contributed by atoms with E-state index < -0.39 is 57.8 Å². The average Bonchev–Trinajstić information content (AvgIpc) is 3.30. The van der Waals surface area contributed by atoms with E-state index in [9.17, 15) is 28.9 Å². The summed E-state index contributed by atoms with van der Waals surface area (Å²) in [5.41, 5.74) is 0. The Morgan fingerprint density at radius 3 is 1.18 bits per heavy atom. The molecule has 0 aliphatic rings. The standard InChI is InChI=1S/C54H97O11P/c1-4-7-10-13-16-19-22-24-25-27-30-33-36-39-42-45-54(58)65-51(47-61-52(56)43-40-37-34-31-29-26-23-20-17-14-11-8-5-2)49-63-66(59,60)62-48-50(46-55)64-53(57)44-41-38-35-32-28-21-18-15-12-9-6-3/h8,11,17,20,26,29,34,37,50-51,55H,4-7,9-10,12-16,18-19,21-25,27-28,30-33,35-36,38-49H2,1-3H3,(H,59,60)/b11-8-,20-17-,29-26-,37-34-. The molecule has 0 fully saturated rings. The molecule has 0 aliphatic carbocycles. The highest BCUT2D eigenvalue weighted by Crippen LogP contribution is 2.43. The van der Waals surface area contributed by atoms with Gasteiger partial charge in [0, 0.05) is 19.3 Å². The van der Waals surface area contributed by atoms with Crippen molar-refractivity contribution < 1.29 is 52.2 Å². The van der Waals surface area contributed by atoms with E-state index in [1.54, 1.807) is 0 Å². The number of hydrogen-bond acceptors (Lipinski definition) is 10. The Balaban J connectivity index is 4.79. The van der Waals surface area contributed by atoms with Crippen LogP contribution < -0.4 is 0 Å². The topological polar surface area (TPSA) is 155 Å². The number of phosphoric acid groups is 1. The van der Waals surface area contributed by atoms with Crippen LogP contribution in [0.5, 0.6) is 0 Å². The molecule has 0 saturated carbocycles. The van der Waals surface area contributed by atoms with Gasteiger partial charge in [0.2, 0.25) is 0 Å². The molecule has 3 atom stereocenters. The van der Waals surface area contributed by atoms with Crippen molar-refractivity contribution in [3.8, 4) is 0 Å². The van der Waals surface area contributed by atoms with Crippen molar-refractivity contribution in [3.05, 3.63) is 48.6 Å². The number of carbonyl (C=O) groups excluding carboxylic acids is 3. The molecule has 0 amide bonds. The van der Waals surface area contributed by atoms with Gasteiger partial charge in [-0.1, -0.05) is 223 Å². The van der Waals surface area contributed by atoms with Gasteiger partial charge in [0.1, 0.15) is 12.7 Å². The number of aliphatic hydroxyl groups is 1. The molecule has 12 heteroatoms. The van der Waals surface area contributed by atoms with Gasteiger partial charge in [0.15, 0.2) is 6.10 Å². The smallest absolute Gasteiger partial charge is 0.462 e. The summed E-state index contributed by atoms with van der Waals surface area (Å²) >= 11 is 0. The number of esters is 3. The number of allylic oxidation sites excluding steroid dienone is 8. The second-order valence-electron chi connectivity index (χ2n) is 17.7. The Labute approximate surface area is 403 Å². The summed E-state index contributed by atoms with van der Waals surface area (Å²) in [7, 11) is -4.75. The molecule has 0 spiro atoms. The van der Waals surface area contributed by atoms with Gasteiger partial charge in [-0.15, -0.1) is 0 Å². The lowest BCUT2D eigenvalue weighted by Crippen LogP contribution is -2.30. The zero-order valence-electron chi connectivity index (χ0n) is 42.2. The Morgan fingerprint density at radius 2 is 0.788 bits per heavy atom. The van der Waals surface area contributed by atoms with Crippen LogP contribution in [-0.2, 0) is 42.2 Å². The molecule has 0 aromatic heterocycles. The predicted molar refractivity (Wildman–Crippen MR) is 270 cm³/mol. The second-order valence-corrected chi connectivity index (χ2v) is 19.1. The van der Waals surface area contributed by atoms with E-state index >= 15 is 0 Å². The van der Waals surface area contributed by atoms with E-state index in [4.69, 9.17) is 23.3 Å². The summed E-state index contributed by atoms with van der Waals surface area (Å²) in [6.45, 7) is 4.45. The summed E-state index contributed by atoms with van der Waals surface area (Å²) in [6.07, 6.45) is 49.5. The zero-order valence-corrected chi connectivity index (χ0v) is 43.1. The SMILES string of the molecule is CC/C=C\C/C=C\C/C=C\C/C=C\CCC(=O)OCC(COP(=O)(O)OCC(CO)OC(=O)CCCCCCCCCCCCC)OC(=O)CCCCCCCCCCCCCCCCC. The quantitative estimate of drug-likeness (QED) is 0.0197. The van der Waals surface area contributed by atoms with E-state index in [1.807, 2.05) is 12.2 Å². The number of unbranched alkanes of at least 4 members (excludes halogenated alkanes) is 24. The molecule has 0 aliphatic heterocycles. The third kappa shape index (κ3) is 46.5. The average molecular weight is 953 g/mol. The summed E-state index contributed by atoms with van der Waals surface area (Å²) < 4.78 is 39.3. The molecule has 11 nitrogen and oxygen atoms in total. The van der Waals surface area contributed by atoms with Crippen molar-refractivity contribution in [2.45, 2.75) is 251 Å². The molecule has 0 aromatic rings. The van der Waals surface area contributed by atoms with Crippen molar-refractivity contribution in [2.24, 2.45) is 0 Å². The zero-order chi connectivity index (χ0) is 48.4. The molecular weight excluding hydrogens is 856 g/mol. The van der Waals surface area contributed by atoms with E-state index in [1.165, 1.54) is 116 Å². The predicted octanol–water partition coefficient (Wildman–Crippen LogP) is 15.0. The van der Waals surface area contributed by atoms with Gasteiger partial charge in [0.25, 0.3) is 0 Å². The molecule has 384 valence electrons. The van der Waals surface area contributed by atoms with E-state index in [0.717, 1.165) is 64.2 Å². The summed E-state index contributed by atoms with van der Waals surface area (Å²) in [5.74, 6) is -1.55. The fourth-order valence-corrected chi connectivity index (χ4v) is 8.04. The van der Waals surface area contributed by atoms with Crippen LogP contribution in [0.4, 0.5) is 0 Å². The molecule has 0 aromatic carbocycles. The first-order valence-corrected chi connectivity index (χ1v) is 28.0. The van der Waals surface area contributed by atoms with Gasteiger partial charge in [-0.3, -0.25) is 23.4 Å². The molecule has 0 radical (unpaired) electrons. The monoisotopic (exact) mass is 953 g/mol. The van der Waals surface area contributed by atoms with Crippen molar-refractivity contribution in [1.82, 2.24) is 0 Å². The molecule has 3 unspecified atom stereocenters. The van der Waals surface area contributed by atoms with Crippen molar-refractivity contribution in [3.63, 3.8) is 0 Å². The largest absolute Gasteiger partial charge is 0.472 e. The van der Waals surface area contributed by atoms with Crippen LogP contribution in [0.2, 0.25) is 0 Å². The van der Waals surface area contributed by atoms with Crippen LogP contribution >= 0.6 is 7.82 Å². The molecule has 0 heterocycles. The maximum Gasteiger partial charge on any atom is 0.472 e. The summed E-state index contributed by atoms with van der Waals surface area (Å²) in [5, 5.41) is 9.76. The molecule has 0 saturated heterocycles. The van der Waals surface area contributed by atoms with Crippen LogP contribution in [0.3, 0.4) is 0 Å². The minimum Gasteiger partial charge on any atom is -0.462 e. The molecule has 0 rings (SSSR count). The van der Waals surface area contributed by atoms with Gasteiger partial charge >= 0.3 is 25.7 Å². The first-order valence-electron chi connectivity index (χ1n) is 26.5. The van der Waals surface area contributed by atoms with Gasteiger partial charge in [-0.2, -0.15) is 0 Å². The van der Waals surface area contributed by atoms with Gasteiger partial charge in [0.05, 0.1) is 19.8 Å². The second kappa shape index (κ2) is 48.9. The molecular formula is C54H97O11P. The first kappa shape index (κ1) is 63.4. The Bertz CT molecular complexity index is 1300. The Morgan fingerprint density at radius 1 is 0.439 bits per heavy atom. The third-order valence-electron chi connectivity index (χ3n) is 11.3. The van der Waals surface area contributed by atoms with Crippen LogP contribution in [-0.4, -0.2) is 66.5 Å². The number of rotatable bonds is 49. The summed E-state index contributed by atoms with van der Waals surface area (Å²) in [4.78, 5) is 48.2. The van der Waals surface area contributed by atoms with Crippen molar-refractivity contribution >= 4 is 25.7 Å². The van der Waals surface area contributed by atoms with Crippen molar-refractivity contribution in [1.29, 1.82) is 0 Å². The minimum absolute atomic E-state index is 0.108. The Hall–Kier alpha value is -2.56. The highest BCUT2D eigenvalue weighted by molar-refractivity contribution is 7.47. The maximum absolute atomic E-state index is 12.8. The van der Waals surface area contributed by atoms with Crippen LogP contribution in [0.15, 0.2) is 48.6 Å². The molecule has 66 heavy (non-hydrogen) atoms. The van der Waals surface area contributed by atoms with Gasteiger partial charge in [-0.25, -0.2) is 4.57 Å².